The lowest BCUT2D eigenvalue weighted by Gasteiger charge is -2.09. The normalized spacial score (nSPS) is 10.3. The molecule has 2 aromatic heterocycles. The Kier molecular flexibility index (Phi) is 4.19. The largest absolute Gasteiger partial charge is 0.367 e. The summed E-state index contributed by atoms with van der Waals surface area (Å²) >= 11 is 0. The van der Waals surface area contributed by atoms with E-state index in [1.165, 1.54) is 0 Å². The highest BCUT2D eigenvalue weighted by atomic mass is 19.1. The lowest BCUT2D eigenvalue weighted by molar-refractivity contribution is 0.578. The molecule has 0 aliphatic rings. The molecule has 0 aliphatic heterocycles. The molecule has 0 aliphatic carbocycles. The first-order valence-corrected chi connectivity index (χ1v) is 5.66. The van der Waals surface area contributed by atoms with E-state index in [-0.39, 0.29) is 11.6 Å². The molecule has 2 aromatic rings. The van der Waals surface area contributed by atoms with Crippen LogP contribution in [0.5, 0.6) is 0 Å². The molecule has 19 heavy (non-hydrogen) atoms. The summed E-state index contributed by atoms with van der Waals surface area (Å²) in [6.45, 7) is 0.462. The van der Waals surface area contributed by atoms with Crippen molar-refractivity contribution in [3.63, 3.8) is 0 Å². The van der Waals surface area contributed by atoms with Crippen LogP contribution in [-0.2, 0) is 6.42 Å². The number of nitrogens with zero attached hydrogens (tertiary/aromatic N) is 2. The summed E-state index contributed by atoms with van der Waals surface area (Å²) in [6.07, 6.45) is 4.04. The Morgan fingerprint density at radius 1 is 1.11 bits per heavy atom. The Balaban J connectivity index is 2.00. The smallest absolute Gasteiger partial charge is 0.178 e. The molecule has 4 N–H and O–H groups in total. The van der Waals surface area contributed by atoms with Gasteiger partial charge in [-0.2, -0.15) is 0 Å². The zero-order valence-electron chi connectivity index (χ0n) is 10.0. The van der Waals surface area contributed by atoms with E-state index in [4.69, 9.17) is 5.84 Å². The maximum Gasteiger partial charge on any atom is 0.178 e. The van der Waals surface area contributed by atoms with Crippen LogP contribution in [0.25, 0.3) is 0 Å². The lowest BCUT2D eigenvalue weighted by Crippen LogP contribution is -2.14. The van der Waals surface area contributed by atoms with Gasteiger partial charge in [-0.25, -0.2) is 19.6 Å². The van der Waals surface area contributed by atoms with Crippen LogP contribution in [0.3, 0.4) is 0 Å². The Morgan fingerprint density at radius 3 is 2.47 bits per heavy atom. The van der Waals surface area contributed by atoms with Crippen LogP contribution in [0.4, 0.5) is 20.4 Å². The number of nitrogens with one attached hydrogen (secondary N) is 2. The minimum absolute atomic E-state index is 0.0385. The molecule has 2 rings (SSSR count). The second kappa shape index (κ2) is 6.05. The molecule has 0 fully saturated rings. The first-order valence-electron chi connectivity index (χ1n) is 5.66. The van der Waals surface area contributed by atoms with Crippen LogP contribution in [0, 0.1) is 11.6 Å². The van der Waals surface area contributed by atoms with E-state index in [2.05, 4.69) is 20.7 Å². The fourth-order valence-electron chi connectivity index (χ4n) is 1.57. The predicted molar refractivity (Wildman–Crippen MR) is 68.4 cm³/mol. The molecule has 5 nitrogen and oxygen atoms in total. The van der Waals surface area contributed by atoms with Crippen molar-refractivity contribution in [1.29, 1.82) is 0 Å². The fraction of sp³-hybridized carbons (Fsp3) is 0.167. The zero-order chi connectivity index (χ0) is 13.7. The van der Waals surface area contributed by atoms with E-state index < -0.39 is 11.6 Å². The Morgan fingerprint density at radius 2 is 1.79 bits per heavy atom. The van der Waals surface area contributed by atoms with Gasteiger partial charge in [-0.3, -0.25) is 4.98 Å². The van der Waals surface area contributed by atoms with Crippen molar-refractivity contribution in [2.24, 2.45) is 5.84 Å². The molecule has 0 saturated carbocycles. The minimum atomic E-state index is -0.834. The average molecular weight is 265 g/mol. The van der Waals surface area contributed by atoms with Crippen LogP contribution in [0.1, 0.15) is 5.56 Å². The number of hydrogen-bond acceptors (Lipinski definition) is 5. The number of nitrogen functional groups attached to an aromatic ring is 1. The molecule has 2 heterocycles. The number of halogens is 2. The van der Waals surface area contributed by atoms with E-state index in [1.54, 1.807) is 12.4 Å². The molecule has 0 aromatic carbocycles. The number of anilines is 2. The third-order valence-electron chi connectivity index (χ3n) is 2.52. The van der Waals surface area contributed by atoms with E-state index in [9.17, 15) is 8.78 Å². The van der Waals surface area contributed by atoms with E-state index in [0.29, 0.717) is 13.0 Å². The highest BCUT2D eigenvalue weighted by molar-refractivity contribution is 5.46. The van der Waals surface area contributed by atoms with Crippen LogP contribution in [0.2, 0.25) is 0 Å². The maximum absolute atomic E-state index is 13.4. The molecule has 0 spiro atoms. The van der Waals surface area contributed by atoms with Crippen LogP contribution in [-0.4, -0.2) is 16.5 Å². The number of pyridine rings is 2. The quantitative estimate of drug-likeness (QED) is 0.566. The van der Waals surface area contributed by atoms with Gasteiger partial charge in [0.05, 0.1) is 0 Å². The zero-order valence-corrected chi connectivity index (χ0v) is 10.0. The molecular weight excluding hydrogens is 252 g/mol. The monoisotopic (exact) mass is 265 g/mol. The summed E-state index contributed by atoms with van der Waals surface area (Å²) in [5.74, 6) is 3.25. The fourth-order valence-corrected chi connectivity index (χ4v) is 1.57. The Bertz CT molecular complexity index is 547. The molecule has 0 saturated heterocycles. The number of rotatable bonds is 5. The van der Waals surface area contributed by atoms with Gasteiger partial charge in [-0.05, 0) is 24.1 Å². The van der Waals surface area contributed by atoms with Crippen LogP contribution >= 0.6 is 0 Å². The number of aromatic nitrogens is 2. The molecule has 0 bridgehead atoms. The van der Waals surface area contributed by atoms with Gasteiger partial charge in [-0.15, -0.1) is 0 Å². The summed E-state index contributed by atoms with van der Waals surface area (Å²) in [5, 5.41) is 2.79. The average Bonchev–Trinajstić information content (AvgIpc) is 2.42. The van der Waals surface area contributed by atoms with Gasteiger partial charge in [0.2, 0.25) is 0 Å². The van der Waals surface area contributed by atoms with Crippen molar-refractivity contribution in [2.75, 3.05) is 17.3 Å². The van der Waals surface area contributed by atoms with Gasteiger partial charge in [0.15, 0.2) is 23.3 Å². The third kappa shape index (κ3) is 3.35. The minimum Gasteiger partial charge on any atom is -0.367 e. The summed E-state index contributed by atoms with van der Waals surface area (Å²) in [5.41, 5.74) is 3.13. The summed E-state index contributed by atoms with van der Waals surface area (Å²) < 4.78 is 26.6. The molecule has 100 valence electrons. The lowest BCUT2D eigenvalue weighted by atomic mass is 10.2. The second-order valence-corrected chi connectivity index (χ2v) is 3.83. The molecule has 0 amide bonds. The van der Waals surface area contributed by atoms with Crippen LogP contribution in [0.15, 0.2) is 30.6 Å². The first kappa shape index (κ1) is 13.2. The highest BCUT2D eigenvalue weighted by Crippen LogP contribution is 2.18. The van der Waals surface area contributed by atoms with Gasteiger partial charge < -0.3 is 10.7 Å². The third-order valence-corrected chi connectivity index (χ3v) is 2.52. The Hall–Kier alpha value is -2.28. The van der Waals surface area contributed by atoms with Crippen molar-refractivity contribution >= 4 is 11.6 Å². The van der Waals surface area contributed by atoms with E-state index >= 15 is 0 Å². The van der Waals surface area contributed by atoms with Crippen molar-refractivity contribution in [3.8, 4) is 0 Å². The van der Waals surface area contributed by atoms with Gasteiger partial charge >= 0.3 is 0 Å². The topological polar surface area (TPSA) is 75.9 Å². The number of hydrogen-bond donors (Lipinski definition) is 3. The number of nitrogens with two attached hydrogens (primary N) is 1. The Labute approximate surface area is 108 Å². The summed E-state index contributed by atoms with van der Waals surface area (Å²) in [7, 11) is 0. The van der Waals surface area contributed by atoms with Crippen molar-refractivity contribution in [2.45, 2.75) is 6.42 Å². The van der Waals surface area contributed by atoms with Gasteiger partial charge in [0.1, 0.15) is 0 Å². The van der Waals surface area contributed by atoms with E-state index in [1.807, 2.05) is 12.1 Å². The van der Waals surface area contributed by atoms with Gasteiger partial charge in [0, 0.05) is 25.0 Å². The maximum atomic E-state index is 13.4. The van der Waals surface area contributed by atoms with Crippen LogP contribution < -0.4 is 16.6 Å². The second-order valence-electron chi connectivity index (χ2n) is 3.83. The molecular formula is C12H13F2N5. The highest BCUT2D eigenvalue weighted by Gasteiger charge is 2.10. The first-order chi connectivity index (χ1) is 9.20. The van der Waals surface area contributed by atoms with Gasteiger partial charge in [-0.1, -0.05) is 0 Å². The van der Waals surface area contributed by atoms with Crippen molar-refractivity contribution < 1.29 is 8.78 Å². The SMILES string of the molecule is NNc1nc(NCCc2ccncc2)c(F)cc1F. The standard InChI is InChI=1S/C12H13F2N5/c13-9-7-10(14)12(19-15)18-11(9)17-6-3-8-1-4-16-5-2-8/h1-2,4-5,7H,3,6,15H2,(H2,17,18,19). The van der Waals surface area contributed by atoms with Crippen molar-refractivity contribution in [3.05, 3.63) is 47.8 Å². The molecule has 0 unspecified atom stereocenters. The predicted octanol–water partition coefficient (Wildman–Crippen LogP) is 1.69. The van der Waals surface area contributed by atoms with E-state index in [0.717, 1.165) is 11.6 Å². The summed E-state index contributed by atoms with van der Waals surface area (Å²) in [6, 6.07) is 4.46. The number of hydrazine groups is 1. The summed E-state index contributed by atoms with van der Waals surface area (Å²) in [4.78, 5) is 7.61. The molecule has 0 atom stereocenters. The molecule has 0 radical (unpaired) electrons. The molecule has 7 heteroatoms. The van der Waals surface area contributed by atoms with Crippen molar-refractivity contribution in [1.82, 2.24) is 9.97 Å². The van der Waals surface area contributed by atoms with Gasteiger partial charge in [0.25, 0.3) is 0 Å².